The van der Waals surface area contributed by atoms with Gasteiger partial charge in [-0.2, -0.15) is 0 Å². The topological polar surface area (TPSA) is 68.8 Å². The summed E-state index contributed by atoms with van der Waals surface area (Å²) in [5.41, 5.74) is -0.242. The number of ether oxygens (including phenoxy) is 3. The Morgan fingerprint density at radius 3 is 2.52 bits per heavy atom. The fourth-order valence-electron chi connectivity index (χ4n) is 4.62. The van der Waals surface area contributed by atoms with Crippen LogP contribution in [0.1, 0.15) is 32.1 Å². The Hall–Kier alpha value is -1.62. The Kier molecular flexibility index (Phi) is 6.10. The van der Waals surface area contributed by atoms with Gasteiger partial charge in [-0.3, -0.25) is 9.53 Å². The van der Waals surface area contributed by atoms with Gasteiger partial charge in [-0.15, -0.1) is 13.2 Å². The molecule has 31 heavy (non-hydrogen) atoms. The lowest BCUT2D eigenvalue weighted by atomic mass is 9.44. The molecule has 11 heteroatoms. The van der Waals surface area contributed by atoms with E-state index in [9.17, 15) is 22.4 Å². The van der Waals surface area contributed by atoms with Gasteiger partial charge in [0.15, 0.2) is 0 Å². The van der Waals surface area contributed by atoms with E-state index in [1.807, 2.05) is 0 Å². The maximum Gasteiger partial charge on any atom is 0.522 e. The van der Waals surface area contributed by atoms with Crippen molar-refractivity contribution in [2.45, 2.75) is 61.8 Å². The van der Waals surface area contributed by atoms with Crippen molar-refractivity contribution in [1.82, 2.24) is 10.6 Å². The quantitative estimate of drug-likeness (QED) is 0.409. The molecule has 0 atom stereocenters. The lowest BCUT2D eigenvalue weighted by Crippen LogP contribution is -2.83. The number of carbonyl (C=O) groups excluding carboxylic acids is 1. The maximum absolute atomic E-state index is 13.4. The summed E-state index contributed by atoms with van der Waals surface area (Å²) in [5, 5.41) is 6.42. The molecule has 1 amide bonds. The van der Waals surface area contributed by atoms with Crippen molar-refractivity contribution in [3.63, 3.8) is 0 Å². The van der Waals surface area contributed by atoms with Crippen LogP contribution in [0.5, 0.6) is 5.75 Å². The average molecular weight is 467 g/mol. The van der Waals surface area contributed by atoms with Crippen molar-refractivity contribution >= 4 is 17.5 Å². The van der Waals surface area contributed by atoms with E-state index in [2.05, 4.69) is 15.4 Å². The molecule has 1 aromatic rings. The normalized spacial score (nSPS) is 31.3. The van der Waals surface area contributed by atoms with Gasteiger partial charge in [0, 0.05) is 36.5 Å². The number of rotatable bonds is 10. The predicted octanol–water partition coefficient (Wildman–Crippen LogP) is 3.32. The second-order valence-corrected chi connectivity index (χ2v) is 8.99. The van der Waals surface area contributed by atoms with Gasteiger partial charge in [0.1, 0.15) is 24.8 Å². The molecule has 5 rings (SSSR count). The number of hydrogen-bond acceptors (Lipinski definition) is 5. The Morgan fingerprint density at radius 2 is 1.87 bits per heavy atom. The van der Waals surface area contributed by atoms with Crippen LogP contribution in [0, 0.1) is 5.82 Å². The van der Waals surface area contributed by atoms with Crippen LogP contribution in [0.3, 0.4) is 0 Å². The van der Waals surface area contributed by atoms with Crippen LogP contribution in [-0.2, 0) is 14.3 Å². The molecule has 4 aliphatic rings. The smallest absolute Gasteiger partial charge is 0.492 e. The molecule has 0 radical (unpaired) electrons. The molecule has 2 bridgehead atoms. The molecule has 0 unspecified atom stereocenters. The van der Waals surface area contributed by atoms with Gasteiger partial charge in [0.25, 0.3) is 0 Å². The van der Waals surface area contributed by atoms with Crippen LogP contribution in [0.15, 0.2) is 18.2 Å². The molecule has 0 aliphatic heterocycles. The molecule has 0 saturated heterocycles. The zero-order valence-electron chi connectivity index (χ0n) is 16.6. The Balaban J connectivity index is 1.06. The Labute approximate surface area is 181 Å². The average Bonchev–Trinajstić information content (AvgIpc) is 2.58. The molecule has 4 aliphatic carbocycles. The summed E-state index contributed by atoms with van der Waals surface area (Å²) in [5.74, 6) is -0.380. The summed E-state index contributed by atoms with van der Waals surface area (Å²) >= 11 is 5.63. The van der Waals surface area contributed by atoms with E-state index in [4.69, 9.17) is 21.1 Å². The monoisotopic (exact) mass is 466 g/mol. The Morgan fingerprint density at radius 1 is 1.16 bits per heavy atom. The van der Waals surface area contributed by atoms with Crippen molar-refractivity contribution in [1.29, 1.82) is 0 Å². The molecule has 4 saturated carbocycles. The standard InChI is InChI=1S/C20H23ClF4N2O4/c21-15-2-1-12(7-16(15)22)29-4-3-26-18-9-19(10-18,11-18)27-17(28)8-30-13-5-14(6-13)31-20(23,24)25/h1-2,7,13-14,26H,3-6,8-11H2,(H,27,28)/t13-,14+,18?,19?. The molecule has 2 N–H and O–H groups in total. The largest absolute Gasteiger partial charge is 0.522 e. The molecule has 172 valence electrons. The summed E-state index contributed by atoms with van der Waals surface area (Å²) in [6.07, 6.45) is -3.25. The third-order valence-electron chi connectivity index (χ3n) is 6.00. The SMILES string of the molecule is O=C(CO[C@H]1C[C@@H](OC(F)(F)F)C1)NC12CC(NCCOc3ccc(Cl)c(F)c3)(C1)C2. The van der Waals surface area contributed by atoms with E-state index in [1.165, 1.54) is 12.1 Å². The third kappa shape index (κ3) is 5.42. The first kappa shape index (κ1) is 22.6. The Bertz CT molecular complexity index is 812. The van der Waals surface area contributed by atoms with Crippen LogP contribution < -0.4 is 15.4 Å². The molecular formula is C20H23ClF4N2O4. The minimum Gasteiger partial charge on any atom is -0.492 e. The summed E-state index contributed by atoms with van der Waals surface area (Å²) in [4.78, 5) is 12.1. The van der Waals surface area contributed by atoms with Crippen molar-refractivity contribution in [3.8, 4) is 5.75 Å². The van der Waals surface area contributed by atoms with Crippen LogP contribution in [0.25, 0.3) is 0 Å². The third-order valence-corrected chi connectivity index (χ3v) is 6.31. The fraction of sp³-hybridized carbons (Fsp3) is 0.650. The predicted molar refractivity (Wildman–Crippen MR) is 102 cm³/mol. The number of alkyl halides is 3. The van der Waals surface area contributed by atoms with E-state index in [1.54, 1.807) is 6.07 Å². The summed E-state index contributed by atoms with van der Waals surface area (Å²) in [6, 6.07) is 4.28. The van der Waals surface area contributed by atoms with Gasteiger partial charge in [0.05, 0.1) is 17.2 Å². The molecule has 1 aromatic carbocycles. The van der Waals surface area contributed by atoms with E-state index < -0.39 is 18.3 Å². The van der Waals surface area contributed by atoms with Crippen LogP contribution in [0.4, 0.5) is 17.6 Å². The highest BCUT2D eigenvalue weighted by molar-refractivity contribution is 6.30. The van der Waals surface area contributed by atoms with E-state index >= 15 is 0 Å². The van der Waals surface area contributed by atoms with Crippen molar-refractivity contribution < 1.29 is 36.6 Å². The minimum atomic E-state index is -4.64. The number of hydrogen-bond donors (Lipinski definition) is 2. The van der Waals surface area contributed by atoms with Crippen LogP contribution >= 0.6 is 11.6 Å². The fourth-order valence-corrected chi connectivity index (χ4v) is 4.74. The van der Waals surface area contributed by atoms with E-state index in [-0.39, 0.29) is 47.6 Å². The van der Waals surface area contributed by atoms with Gasteiger partial charge < -0.3 is 20.1 Å². The van der Waals surface area contributed by atoms with Gasteiger partial charge in [-0.1, -0.05) is 11.6 Å². The number of carbonyl (C=O) groups is 1. The summed E-state index contributed by atoms with van der Waals surface area (Å²) < 4.78 is 64.4. The van der Waals surface area contributed by atoms with Crippen molar-refractivity contribution in [3.05, 3.63) is 29.0 Å². The lowest BCUT2D eigenvalue weighted by molar-refractivity contribution is -0.357. The number of nitrogens with one attached hydrogen (secondary N) is 2. The van der Waals surface area contributed by atoms with Crippen LogP contribution in [0.2, 0.25) is 5.02 Å². The zero-order valence-corrected chi connectivity index (χ0v) is 17.3. The number of halogens is 5. The number of amides is 1. The number of benzene rings is 1. The second-order valence-electron chi connectivity index (χ2n) is 8.58. The summed E-state index contributed by atoms with van der Waals surface area (Å²) in [7, 11) is 0. The van der Waals surface area contributed by atoms with Crippen molar-refractivity contribution in [2.24, 2.45) is 0 Å². The first-order valence-corrected chi connectivity index (χ1v) is 10.4. The maximum atomic E-state index is 13.4. The zero-order chi connectivity index (χ0) is 22.3. The summed E-state index contributed by atoms with van der Waals surface area (Å²) in [6.45, 7) is 0.785. The van der Waals surface area contributed by atoms with E-state index in [0.29, 0.717) is 18.9 Å². The highest BCUT2D eigenvalue weighted by atomic mass is 35.5. The van der Waals surface area contributed by atoms with E-state index in [0.717, 1.165) is 19.3 Å². The molecule has 0 aromatic heterocycles. The minimum absolute atomic E-state index is 0.0150. The molecule has 0 heterocycles. The highest BCUT2D eigenvalue weighted by Gasteiger charge is 2.68. The first-order valence-electron chi connectivity index (χ1n) is 10.1. The highest BCUT2D eigenvalue weighted by Crippen LogP contribution is 2.60. The molecule has 0 spiro atoms. The second kappa shape index (κ2) is 8.38. The van der Waals surface area contributed by atoms with Gasteiger partial charge >= 0.3 is 6.36 Å². The molecule has 4 fully saturated rings. The first-order chi connectivity index (χ1) is 14.6. The molecule has 6 nitrogen and oxygen atoms in total. The van der Waals surface area contributed by atoms with Crippen LogP contribution in [-0.4, -0.2) is 55.3 Å². The van der Waals surface area contributed by atoms with Gasteiger partial charge in [-0.05, 0) is 31.4 Å². The van der Waals surface area contributed by atoms with Gasteiger partial charge in [0.2, 0.25) is 5.91 Å². The lowest BCUT2D eigenvalue weighted by Gasteiger charge is -2.70. The molecular weight excluding hydrogens is 444 g/mol. The van der Waals surface area contributed by atoms with Crippen molar-refractivity contribution in [2.75, 3.05) is 19.8 Å². The van der Waals surface area contributed by atoms with Gasteiger partial charge in [-0.25, -0.2) is 4.39 Å².